The Morgan fingerprint density at radius 2 is 1.95 bits per heavy atom. The maximum absolute atomic E-state index is 6.03. The lowest BCUT2D eigenvalue weighted by Crippen LogP contribution is -2.23. The molecule has 0 aromatic heterocycles. The van der Waals surface area contributed by atoms with Crippen molar-refractivity contribution in [1.29, 1.82) is 0 Å². The number of halogens is 2. The van der Waals surface area contributed by atoms with Crippen LogP contribution in [-0.4, -0.2) is 15.7 Å². The molecule has 1 nitrogen and oxygen atoms in total. The highest BCUT2D eigenvalue weighted by Crippen LogP contribution is 2.53. The Morgan fingerprint density at radius 1 is 1.24 bits per heavy atom. The highest BCUT2D eigenvalue weighted by molar-refractivity contribution is 14.1. The summed E-state index contributed by atoms with van der Waals surface area (Å²) in [6, 6.07) is 14.2. The molecule has 1 atom stereocenters. The van der Waals surface area contributed by atoms with Gasteiger partial charge in [-0.1, -0.05) is 70.3 Å². The molecule has 1 aliphatic rings. The number of hydrogen-bond donors (Lipinski definition) is 0. The van der Waals surface area contributed by atoms with Gasteiger partial charge < -0.3 is 4.74 Å². The second-order valence-corrected chi connectivity index (χ2v) is 7.94. The molecule has 21 heavy (non-hydrogen) atoms. The van der Waals surface area contributed by atoms with E-state index in [1.165, 1.54) is 11.1 Å². The van der Waals surface area contributed by atoms with E-state index in [0.29, 0.717) is 0 Å². The van der Waals surface area contributed by atoms with Gasteiger partial charge in [0.05, 0.1) is 16.1 Å². The quantitative estimate of drug-likeness (QED) is 0.352. The molecular weight excluding hydrogens is 435 g/mol. The van der Waals surface area contributed by atoms with Gasteiger partial charge in [0.15, 0.2) is 0 Å². The molecule has 1 aliphatic heterocycles. The Morgan fingerprint density at radius 3 is 2.57 bits per heavy atom. The van der Waals surface area contributed by atoms with Gasteiger partial charge >= 0.3 is 0 Å². The zero-order valence-corrected chi connectivity index (χ0v) is 15.8. The van der Waals surface area contributed by atoms with Crippen LogP contribution in [0.4, 0.5) is 0 Å². The van der Waals surface area contributed by atoms with Crippen LogP contribution < -0.4 is 4.74 Å². The van der Waals surface area contributed by atoms with E-state index in [1.807, 2.05) is 18.2 Å². The second-order valence-electron chi connectivity index (χ2n) is 4.77. The molecule has 0 saturated heterocycles. The van der Waals surface area contributed by atoms with Crippen molar-refractivity contribution in [3.63, 3.8) is 0 Å². The Kier molecular flexibility index (Phi) is 4.50. The molecule has 0 amide bonds. The number of thiocarbonyl (C=S) groups is 1. The van der Waals surface area contributed by atoms with E-state index in [2.05, 4.69) is 46.9 Å². The van der Waals surface area contributed by atoms with Crippen molar-refractivity contribution >= 4 is 62.4 Å². The first-order valence-electron chi connectivity index (χ1n) is 6.34. The summed E-state index contributed by atoms with van der Waals surface area (Å²) in [7, 11) is 1.69. The minimum Gasteiger partial charge on any atom is -0.497 e. The van der Waals surface area contributed by atoms with Crippen molar-refractivity contribution in [3.05, 3.63) is 64.2 Å². The topological polar surface area (TPSA) is 9.23 Å². The predicted octanol–water partition coefficient (Wildman–Crippen LogP) is 5.45. The number of ether oxygens (including phenoxy) is 1. The third-order valence-corrected chi connectivity index (χ3v) is 7.38. The van der Waals surface area contributed by atoms with Crippen LogP contribution in [0.3, 0.4) is 0 Å². The second kappa shape index (κ2) is 6.07. The van der Waals surface area contributed by atoms with Crippen LogP contribution in [0.25, 0.3) is 0 Å². The number of hydrogen-bond acceptors (Lipinski definition) is 3. The Bertz CT molecular complexity index is 702. The number of thioether (sulfide) groups is 1. The fraction of sp³-hybridized carbons (Fsp3) is 0.188. The third kappa shape index (κ3) is 2.60. The molecule has 0 fully saturated rings. The maximum atomic E-state index is 6.03. The summed E-state index contributed by atoms with van der Waals surface area (Å²) in [5, 5.41) is 0.749. The van der Waals surface area contributed by atoms with Gasteiger partial charge in [-0.15, -0.1) is 0 Å². The summed E-state index contributed by atoms with van der Waals surface area (Å²) in [6.07, 6.45) is 0. The molecule has 1 unspecified atom stereocenters. The van der Waals surface area contributed by atoms with Gasteiger partial charge in [-0.2, -0.15) is 0 Å². The van der Waals surface area contributed by atoms with E-state index >= 15 is 0 Å². The lowest BCUT2D eigenvalue weighted by Gasteiger charge is -2.28. The fourth-order valence-electron chi connectivity index (χ4n) is 2.54. The predicted molar refractivity (Wildman–Crippen MR) is 103 cm³/mol. The molecule has 3 rings (SSSR count). The van der Waals surface area contributed by atoms with Gasteiger partial charge in [0.25, 0.3) is 0 Å². The van der Waals surface area contributed by atoms with Crippen molar-refractivity contribution in [3.8, 4) is 5.75 Å². The molecule has 0 saturated carbocycles. The van der Waals surface area contributed by atoms with Crippen molar-refractivity contribution in [1.82, 2.24) is 0 Å². The first-order valence-corrected chi connectivity index (χ1v) is 9.47. The summed E-state index contributed by atoms with van der Waals surface area (Å²) < 4.78 is 7.10. The summed E-state index contributed by atoms with van der Waals surface area (Å²) in [6.45, 7) is 0. The smallest absolute Gasteiger partial charge is 0.119 e. The van der Waals surface area contributed by atoms with E-state index in [9.17, 15) is 0 Å². The van der Waals surface area contributed by atoms with Gasteiger partial charge in [-0.3, -0.25) is 0 Å². The Balaban J connectivity index is 2.21. The highest BCUT2D eigenvalue weighted by Gasteiger charge is 2.43. The van der Waals surface area contributed by atoms with Crippen LogP contribution in [0.5, 0.6) is 5.75 Å². The summed E-state index contributed by atoms with van der Waals surface area (Å²) >= 11 is 15.8. The number of rotatable bonds is 3. The van der Waals surface area contributed by atoms with Crippen molar-refractivity contribution in [2.24, 2.45) is 0 Å². The van der Waals surface area contributed by atoms with E-state index in [0.717, 1.165) is 25.0 Å². The molecule has 2 aromatic carbocycles. The van der Waals surface area contributed by atoms with E-state index < -0.39 is 0 Å². The largest absolute Gasteiger partial charge is 0.497 e. The SMILES string of the molecule is COc1ccc2c(c1)C(CI)(c1ccc(Cl)cc1)SC2=S. The number of methoxy groups -OCH3 is 1. The van der Waals surface area contributed by atoms with Gasteiger partial charge in [0, 0.05) is 15.0 Å². The zero-order chi connectivity index (χ0) is 15.0. The van der Waals surface area contributed by atoms with Gasteiger partial charge in [-0.25, -0.2) is 0 Å². The highest BCUT2D eigenvalue weighted by atomic mass is 127. The Labute approximate surface area is 152 Å². The molecule has 0 bridgehead atoms. The molecule has 108 valence electrons. The molecule has 0 spiro atoms. The first kappa shape index (κ1) is 15.6. The average Bonchev–Trinajstić information content (AvgIpc) is 2.81. The normalized spacial score (nSPS) is 20.4. The van der Waals surface area contributed by atoms with E-state index in [4.69, 9.17) is 28.6 Å². The summed E-state index contributed by atoms with van der Waals surface area (Å²) in [5.41, 5.74) is 3.59. The molecule has 0 N–H and O–H groups in total. The molecule has 0 aliphatic carbocycles. The van der Waals surface area contributed by atoms with E-state index in [1.54, 1.807) is 18.9 Å². The number of alkyl halides is 1. The lowest BCUT2D eigenvalue weighted by atomic mass is 9.89. The number of fused-ring (bicyclic) bond motifs is 1. The van der Waals surface area contributed by atoms with Gasteiger partial charge in [0.1, 0.15) is 5.75 Å². The van der Waals surface area contributed by atoms with E-state index in [-0.39, 0.29) is 4.75 Å². The van der Waals surface area contributed by atoms with Crippen LogP contribution in [0.1, 0.15) is 16.7 Å². The van der Waals surface area contributed by atoms with Gasteiger partial charge in [0.2, 0.25) is 0 Å². The molecule has 2 aromatic rings. The fourth-order valence-corrected chi connectivity index (χ4v) is 5.78. The monoisotopic (exact) mass is 446 g/mol. The number of benzene rings is 2. The van der Waals surface area contributed by atoms with Crippen molar-refractivity contribution in [2.45, 2.75) is 4.75 Å². The van der Waals surface area contributed by atoms with Crippen LogP contribution in [0.2, 0.25) is 5.02 Å². The molecular formula is C16H12ClIOS2. The minimum absolute atomic E-state index is 0.161. The van der Waals surface area contributed by atoms with Crippen LogP contribution >= 0.6 is 58.2 Å². The van der Waals surface area contributed by atoms with Crippen LogP contribution in [0.15, 0.2) is 42.5 Å². The van der Waals surface area contributed by atoms with Crippen LogP contribution in [-0.2, 0) is 4.75 Å². The summed E-state index contributed by atoms with van der Waals surface area (Å²) in [4.78, 5) is 0. The molecule has 0 radical (unpaired) electrons. The lowest BCUT2D eigenvalue weighted by molar-refractivity contribution is 0.414. The van der Waals surface area contributed by atoms with Gasteiger partial charge in [-0.05, 0) is 41.5 Å². The first-order chi connectivity index (χ1) is 10.1. The molecule has 5 heteroatoms. The Hall–Kier alpha value is -0.300. The van der Waals surface area contributed by atoms with Crippen molar-refractivity contribution < 1.29 is 4.74 Å². The minimum atomic E-state index is -0.161. The zero-order valence-electron chi connectivity index (χ0n) is 11.2. The molecule has 1 heterocycles. The van der Waals surface area contributed by atoms with Crippen molar-refractivity contribution in [2.75, 3.05) is 11.5 Å². The average molecular weight is 447 g/mol. The van der Waals surface area contributed by atoms with Crippen LogP contribution in [0, 0.1) is 0 Å². The third-order valence-electron chi connectivity index (χ3n) is 3.65. The maximum Gasteiger partial charge on any atom is 0.119 e. The standard InChI is InChI=1S/C16H12ClIOS2/c1-19-12-6-7-13-14(8-12)16(9-18,21-15(13)20)10-2-4-11(17)5-3-10/h2-8H,9H2,1H3. The summed E-state index contributed by atoms with van der Waals surface area (Å²) in [5.74, 6) is 0.863.